The molecule has 0 bridgehead atoms. The number of benzene rings is 2. The van der Waals surface area contributed by atoms with Gasteiger partial charge in [0.05, 0.1) is 17.0 Å². The van der Waals surface area contributed by atoms with E-state index in [-0.39, 0.29) is 23.2 Å². The van der Waals surface area contributed by atoms with Crippen LogP contribution in [0.1, 0.15) is 36.3 Å². The lowest BCUT2D eigenvalue weighted by molar-refractivity contribution is -0.133. The van der Waals surface area contributed by atoms with E-state index in [2.05, 4.69) is 19.9 Å². The molecule has 5 heteroatoms. The molecule has 1 aliphatic heterocycles. The maximum Gasteiger partial charge on any atom is 0.233 e. The Bertz CT molecular complexity index is 732. The lowest BCUT2D eigenvalue weighted by Gasteiger charge is -2.43. The minimum absolute atomic E-state index is 0.0352. The predicted octanol–water partition coefficient (Wildman–Crippen LogP) is 5.76. The third-order valence-corrected chi connectivity index (χ3v) is 6.00. The average Bonchev–Trinajstić information content (AvgIpc) is 2.55. The Morgan fingerprint density at radius 3 is 2.38 bits per heavy atom. The maximum atomic E-state index is 12.6. The summed E-state index contributed by atoms with van der Waals surface area (Å²) in [5.74, 6) is 0.660. The molecule has 1 heterocycles. The van der Waals surface area contributed by atoms with Crippen molar-refractivity contribution in [2.45, 2.75) is 31.2 Å². The molecule has 0 aromatic heterocycles. The minimum Gasteiger partial charge on any atom is -0.331 e. The molecule has 2 nitrogen and oxygen atoms in total. The fourth-order valence-electron chi connectivity index (χ4n) is 3.19. The molecule has 2 unspecified atom stereocenters. The summed E-state index contributed by atoms with van der Waals surface area (Å²) in [7, 11) is 0. The molecule has 0 N–H and O–H groups in total. The van der Waals surface area contributed by atoms with E-state index in [4.69, 9.17) is 23.2 Å². The van der Waals surface area contributed by atoms with Crippen molar-refractivity contribution in [2.75, 3.05) is 5.75 Å². The Balaban J connectivity index is 2.08. The van der Waals surface area contributed by atoms with Crippen LogP contribution >= 0.6 is 35.0 Å². The third-order valence-electron chi connectivity index (χ3n) is 4.21. The highest BCUT2D eigenvalue weighted by Gasteiger charge is 2.39. The summed E-state index contributed by atoms with van der Waals surface area (Å²) in [6.45, 7) is 4.12. The summed E-state index contributed by atoms with van der Waals surface area (Å²) >= 11 is 13.9. The molecule has 0 saturated carbocycles. The summed E-state index contributed by atoms with van der Waals surface area (Å²) in [5.41, 5.74) is 2.24. The molecular weight excluding hydrogens is 361 g/mol. The van der Waals surface area contributed by atoms with E-state index in [9.17, 15) is 4.79 Å². The standard InChI is InChI=1S/C19H19Cl2NOS/c1-12(2)22-17(23)11-24-19(14-4-3-5-16(21)10-14)18(22)13-6-8-15(20)9-7-13/h3-10,12,18-19H,11H2,1-2H3. The van der Waals surface area contributed by atoms with Gasteiger partial charge >= 0.3 is 0 Å². The molecule has 3 rings (SSSR count). The summed E-state index contributed by atoms with van der Waals surface area (Å²) in [6, 6.07) is 15.8. The normalized spacial score (nSPS) is 21.4. The molecule has 1 fully saturated rings. The molecule has 1 amide bonds. The summed E-state index contributed by atoms with van der Waals surface area (Å²) < 4.78 is 0. The van der Waals surface area contributed by atoms with E-state index in [0.29, 0.717) is 10.8 Å². The lowest BCUT2D eigenvalue weighted by atomic mass is 9.95. The first kappa shape index (κ1) is 17.7. The van der Waals surface area contributed by atoms with Crippen molar-refractivity contribution in [3.63, 3.8) is 0 Å². The van der Waals surface area contributed by atoms with E-state index < -0.39 is 0 Å². The van der Waals surface area contributed by atoms with Crippen LogP contribution in [0.15, 0.2) is 48.5 Å². The van der Waals surface area contributed by atoms with Gasteiger partial charge in [0.25, 0.3) is 0 Å². The van der Waals surface area contributed by atoms with Gasteiger partial charge in [-0.3, -0.25) is 4.79 Å². The molecule has 0 radical (unpaired) electrons. The van der Waals surface area contributed by atoms with Crippen LogP contribution in [-0.4, -0.2) is 22.6 Å². The molecule has 2 aromatic rings. The molecule has 1 aliphatic rings. The molecule has 24 heavy (non-hydrogen) atoms. The van der Waals surface area contributed by atoms with Crippen LogP contribution in [0.3, 0.4) is 0 Å². The third kappa shape index (κ3) is 3.58. The van der Waals surface area contributed by atoms with Gasteiger partial charge in [-0.2, -0.15) is 0 Å². The molecule has 1 saturated heterocycles. The second kappa shape index (κ2) is 7.38. The molecule has 2 aromatic carbocycles. The van der Waals surface area contributed by atoms with Crippen molar-refractivity contribution in [1.82, 2.24) is 4.90 Å². The first-order chi connectivity index (χ1) is 11.5. The average molecular weight is 380 g/mol. The number of rotatable bonds is 3. The predicted molar refractivity (Wildman–Crippen MR) is 103 cm³/mol. The molecule has 2 atom stereocenters. The largest absolute Gasteiger partial charge is 0.331 e. The highest BCUT2D eigenvalue weighted by molar-refractivity contribution is 8.00. The van der Waals surface area contributed by atoms with Gasteiger partial charge in [0.1, 0.15) is 0 Å². The summed E-state index contributed by atoms with van der Waals surface area (Å²) in [6.07, 6.45) is 0. The maximum absolute atomic E-state index is 12.6. The number of hydrogen-bond acceptors (Lipinski definition) is 2. The zero-order chi connectivity index (χ0) is 17.3. The molecule has 126 valence electrons. The van der Waals surface area contributed by atoms with Gasteiger partial charge in [-0.25, -0.2) is 0 Å². The Hall–Kier alpha value is -1.16. The van der Waals surface area contributed by atoms with Crippen LogP contribution in [0.5, 0.6) is 0 Å². The summed E-state index contributed by atoms with van der Waals surface area (Å²) in [5, 5.41) is 1.56. The number of carbonyl (C=O) groups excluding carboxylic acids is 1. The number of amides is 1. The zero-order valence-electron chi connectivity index (χ0n) is 13.6. The van der Waals surface area contributed by atoms with Crippen molar-refractivity contribution >= 4 is 40.9 Å². The minimum atomic E-state index is -0.0352. The van der Waals surface area contributed by atoms with Gasteiger partial charge in [0, 0.05) is 16.1 Å². The molecule has 0 aliphatic carbocycles. The second-order valence-corrected chi connectivity index (χ2v) is 8.18. The van der Waals surface area contributed by atoms with E-state index in [1.54, 1.807) is 11.8 Å². The van der Waals surface area contributed by atoms with Crippen molar-refractivity contribution in [3.05, 3.63) is 69.7 Å². The zero-order valence-corrected chi connectivity index (χ0v) is 15.9. The SMILES string of the molecule is CC(C)N1C(=O)CSC(c2cccc(Cl)c2)C1c1ccc(Cl)cc1. The van der Waals surface area contributed by atoms with Gasteiger partial charge in [0.2, 0.25) is 5.91 Å². The van der Waals surface area contributed by atoms with E-state index >= 15 is 0 Å². The van der Waals surface area contributed by atoms with Gasteiger partial charge in [-0.1, -0.05) is 47.5 Å². The highest BCUT2D eigenvalue weighted by atomic mass is 35.5. The number of carbonyl (C=O) groups is 1. The quantitative estimate of drug-likeness (QED) is 0.675. The van der Waals surface area contributed by atoms with Crippen molar-refractivity contribution in [1.29, 1.82) is 0 Å². The topological polar surface area (TPSA) is 20.3 Å². The smallest absolute Gasteiger partial charge is 0.233 e. The van der Waals surface area contributed by atoms with Crippen LogP contribution < -0.4 is 0 Å². The second-order valence-electron chi connectivity index (χ2n) is 6.18. The van der Waals surface area contributed by atoms with E-state index in [1.807, 2.05) is 47.4 Å². The first-order valence-electron chi connectivity index (χ1n) is 7.91. The Morgan fingerprint density at radius 1 is 1.04 bits per heavy atom. The molecular formula is C19H19Cl2NOS. The van der Waals surface area contributed by atoms with Gasteiger partial charge < -0.3 is 4.90 Å². The first-order valence-corrected chi connectivity index (χ1v) is 9.71. The van der Waals surface area contributed by atoms with Crippen molar-refractivity contribution in [2.24, 2.45) is 0 Å². The van der Waals surface area contributed by atoms with Gasteiger partial charge in [0.15, 0.2) is 0 Å². The summed E-state index contributed by atoms with van der Waals surface area (Å²) in [4.78, 5) is 14.6. The fraction of sp³-hybridized carbons (Fsp3) is 0.316. The fourth-order valence-corrected chi connectivity index (χ4v) is 4.80. The van der Waals surface area contributed by atoms with Crippen LogP contribution in [0.25, 0.3) is 0 Å². The van der Waals surface area contributed by atoms with Gasteiger partial charge in [-0.05, 0) is 49.2 Å². The highest BCUT2D eigenvalue weighted by Crippen LogP contribution is 2.48. The van der Waals surface area contributed by atoms with Crippen LogP contribution in [0, 0.1) is 0 Å². The Labute approximate surface area is 157 Å². The van der Waals surface area contributed by atoms with Crippen LogP contribution in [0.2, 0.25) is 10.0 Å². The Kier molecular flexibility index (Phi) is 5.43. The Morgan fingerprint density at radius 2 is 1.75 bits per heavy atom. The van der Waals surface area contributed by atoms with Crippen molar-refractivity contribution in [3.8, 4) is 0 Å². The monoisotopic (exact) mass is 379 g/mol. The number of halogens is 2. The van der Waals surface area contributed by atoms with E-state index in [1.165, 1.54) is 0 Å². The number of nitrogens with zero attached hydrogens (tertiary/aromatic N) is 1. The molecule has 0 spiro atoms. The number of thioether (sulfide) groups is 1. The van der Waals surface area contributed by atoms with Crippen LogP contribution in [-0.2, 0) is 4.79 Å². The van der Waals surface area contributed by atoms with Crippen LogP contribution in [0.4, 0.5) is 0 Å². The van der Waals surface area contributed by atoms with Crippen molar-refractivity contribution < 1.29 is 4.79 Å². The van der Waals surface area contributed by atoms with E-state index in [0.717, 1.165) is 16.1 Å². The lowest BCUT2D eigenvalue weighted by Crippen LogP contribution is -2.46. The van der Waals surface area contributed by atoms with Gasteiger partial charge in [-0.15, -0.1) is 11.8 Å². The number of hydrogen-bond donors (Lipinski definition) is 0.